The molecule has 0 amide bonds. The molecule has 3 nitrogen and oxygen atoms in total. The van der Waals surface area contributed by atoms with E-state index in [0.717, 1.165) is 6.71 Å². The fourth-order valence-electron chi connectivity index (χ4n) is 0. The molecule has 0 heterocycles. The molecule has 0 aromatic rings. The van der Waals surface area contributed by atoms with Gasteiger partial charge in [-0.2, -0.15) is 0 Å². The lowest BCUT2D eigenvalue weighted by molar-refractivity contribution is 1.91. The van der Waals surface area contributed by atoms with Crippen LogP contribution in [-0.2, 0) is 0 Å². The van der Waals surface area contributed by atoms with Crippen molar-refractivity contribution in [1.29, 1.82) is 0 Å². The van der Waals surface area contributed by atoms with Crippen molar-refractivity contribution in [2.24, 2.45) is 0 Å². The molecule has 0 unspecified atom stereocenters. The van der Waals surface area contributed by atoms with Gasteiger partial charge in [0.15, 0.2) is 0 Å². The van der Waals surface area contributed by atoms with Gasteiger partial charge in [0.25, 0.3) is 0 Å². The van der Waals surface area contributed by atoms with Gasteiger partial charge in [0.05, 0.1) is 16.8 Å². The molecule has 9 radical (unpaired) electrons. The largest absolute Gasteiger partial charge is 0.130 e. The molecule has 0 N–H and O–H groups in total. The van der Waals surface area contributed by atoms with Crippen molar-refractivity contribution >= 4 is 23.5 Å². The fourth-order valence-corrected chi connectivity index (χ4v) is 0. The number of nitrogens with zero attached hydrogens (tertiary/aromatic N) is 3. The van der Waals surface area contributed by atoms with Gasteiger partial charge in [-0.3, -0.25) is 0 Å². The zero-order chi connectivity index (χ0) is 3.58. The second kappa shape index (κ2) is 42.7. The first-order chi connectivity index (χ1) is 1.73. The molecule has 0 spiro atoms. The molecule has 0 aromatic carbocycles. The van der Waals surface area contributed by atoms with E-state index in [4.69, 9.17) is 0 Å². The van der Waals surface area contributed by atoms with Crippen molar-refractivity contribution in [3.8, 4) is 0 Å². The Balaban J connectivity index is -0.00000000450. The maximum atomic E-state index is 2.17. The zero-order valence-electron chi connectivity index (χ0n) is 4.92. The first-order valence-electron chi connectivity index (χ1n) is 1.73. The van der Waals surface area contributed by atoms with E-state index < -0.39 is 0 Å². The predicted octanol–water partition coefficient (Wildman–Crippen LogP) is -2.44. The van der Waals surface area contributed by atoms with Gasteiger partial charge in [-0.25, -0.2) is 0 Å². The van der Waals surface area contributed by atoms with Gasteiger partial charge in [-0.1, -0.05) is 20.5 Å². The average molecular weight is 126 g/mol. The molecule has 0 saturated carbocycles. The highest BCUT2D eigenvalue weighted by molar-refractivity contribution is 6.54. The second-order valence-corrected chi connectivity index (χ2v) is 1.73. The summed E-state index contributed by atoms with van der Waals surface area (Å²) < 4.78 is 0. The highest BCUT2D eigenvalue weighted by Gasteiger charge is 1.76. The molecule has 0 saturated heterocycles. The van der Waals surface area contributed by atoms with Crippen LogP contribution in [-0.4, -0.2) is 23.5 Å². The lowest BCUT2D eigenvalue weighted by atomic mass is 9.58. The van der Waals surface area contributed by atoms with Crippen LogP contribution in [0.2, 0.25) is 20.5 Å². The maximum Gasteiger partial charge on any atom is 0.130 e. The van der Waals surface area contributed by atoms with E-state index in [0.29, 0.717) is 0 Å². The molecule has 0 aliphatic heterocycles. The normalized spacial score (nSPS) is 3.00. The van der Waals surface area contributed by atoms with E-state index >= 15 is 0 Å². The molecule has 0 aliphatic carbocycles. The van der Waals surface area contributed by atoms with Crippen LogP contribution in [0.3, 0.4) is 0 Å². The van der Waals surface area contributed by atoms with Crippen molar-refractivity contribution in [1.82, 2.24) is 18.5 Å². The Morgan fingerprint density at radius 3 is 0.667 bits per heavy atom. The van der Waals surface area contributed by atoms with Gasteiger partial charge in [0.2, 0.25) is 0 Å². The molecule has 51 valence electrons. The summed E-state index contributed by atoms with van der Waals surface area (Å²) >= 11 is 0. The SMILES string of the molecule is B.B.CB(C)C.[N].[N].[N]. The van der Waals surface area contributed by atoms with E-state index in [2.05, 4.69) is 20.5 Å². The van der Waals surface area contributed by atoms with Crippen LogP contribution in [0, 0.1) is 0 Å². The summed E-state index contributed by atoms with van der Waals surface area (Å²) in [4.78, 5) is 0. The van der Waals surface area contributed by atoms with E-state index in [-0.39, 0.29) is 35.3 Å². The van der Waals surface area contributed by atoms with Crippen LogP contribution in [0.4, 0.5) is 0 Å². The first-order valence-corrected chi connectivity index (χ1v) is 1.73. The van der Waals surface area contributed by atoms with Crippen LogP contribution in [0.5, 0.6) is 0 Å². The van der Waals surface area contributed by atoms with Crippen LogP contribution >= 0.6 is 0 Å². The Morgan fingerprint density at radius 2 is 0.667 bits per heavy atom. The summed E-state index contributed by atoms with van der Waals surface area (Å²) in [6.07, 6.45) is 0. The predicted molar refractivity (Wildman–Crippen MR) is 49.6 cm³/mol. The Kier molecular flexibility index (Phi) is 297. The lowest BCUT2D eigenvalue weighted by Gasteiger charge is -1.71. The lowest BCUT2D eigenvalue weighted by Crippen LogP contribution is -1.84. The number of hydrogen-bond acceptors (Lipinski definition) is 0. The Morgan fingerprint density at radius 1 is 0.667 bits per heavy atom. The molecule has 0 aliphatic rings. The standard InChI is InChI=1S/C3H9B.2BH3.3N/c1-4(2)3;;;;;/h1-3H3;2*1H3;;;. The third-order valence-corrected chi connectivity index (χ3v) is 0. The van der Waals surface area contributed by atoms with Crippen molar-refractivity contribution < 1.29 is 0 Å². The summed E-state index contributed by atoms with van der Waals surface area (Å²) in [7, 11) is 0. The van der Waals surface area contributed by atoms with E-state index in [1.807, 2.05) is 0 Å². The summed E-state index contributed by atoms with van der Waals surface area (Å²) in [5.41, 5.74) is 0. The van der Waals surface area contributed by atoms with Gasteiger partial charge in [0, 0.05) is 18.5 Å². The van der Waals surface area contributed by atoms with Crippen LogP contribution < -0.4 is 18.5 Å². The summed E-state index contributed by atoms with van der Waals surface area (Å²) in [5, 5.41) is 0. The minimum Gasteiger partial charge on any atom is -0.0865 e. The Labute approximate surface area is 63.3 Å². The monoisotopic (exact) mass is 126 g/mol. The minimum absolute atomic E-state index is 0. The topological polar surface area (TPSA) is 91.5 Å². The van der Waals surface area contributed by atoms with E-state index in [1.165, 1.54) is 0 Å². The highest BCUT2D eigenvalue weighted by atomic mass is 14.0. The molecule has 0 fully saturated rings. The molecule has 6 heteroatoms. The molecule has 0 atom stereocenters. The summed E-state index contributed by atoms with van der Waals surface area (Å²) in [6.45, 7) is 7.33. The van der Waals surface area contributed by atoms with Crippen molar-refractivity contribution in [3.63, 3.8) is 0 Å². The molecular weight excluding hydrogens is 110 g/mol. The van der Waals surface area contributed by atoms with Gasteiger partial charge in [-0.15, -0.1) is 0 Å². The highest BCUT2D eigenvalue weighted by Crippen LogP contribution is 1.68. The van der Waals surface area contributed by atoms with Gasteiger partial charge in [0.1, 0.15) is 6.71 Å². The Bertz CT molecular complexity index is 19.0. The quantitative estimate of drug-likeness (QED) is 0.322. The van der Waals surface area contributed by atoms with Crippen molar-refractivity contribution in [2.75, 3.05) is 0 Å². The van der Waals surface area contributed by atoms with Gasteiger partial charge >= 0.3 is 0 Å². The maximum absolute atomic E-state index is 2.17. The fraction of sp³-hybridized carbons (Fsp3) is 1.00. The Hall–Kier alpha value is 0.0748. The molecule has 0 aromatic heterocycles. The molecule has 0 bridgehead atoms. The van der Waals surface area contributed by atoms with Crippen LogP contribution in [0.15, 0.2) is 0 Å². The van der Waals surface area contributed by atoms with Gasteiger partial charge in [-0.05, 0) is 0 Å². The number of rotatable bonds is 0. The smallest absolute Gasteiger partial charge is 0.0865 e. The van der Waals surface area contributed by atoms with Crippen molar-refractivity contribution in [2.45, 2.75) is 20.5 Å². The van der Waals surface area contributed by atoms with Crippen molar-refractivity contribution in [3.05, 3.63) is 0 Å². The number of hydrogen-bond donors (Lipinski definition) is 0. The average Bonchev–Trinajstić information content (AvgIpc) is 0.811. The molecule has 9 heavy (non-hydrogen) atoms. The van der Waals surface area contributed by atoms with E-state index in [1.54, 1.807) is 0 Å². The zero-order valence-corrected chi connectivity index (χ0v) is 4.92. The molecule has 0 rings (SSSR count). The van der Waals surface area contributed by atoms with Crippen LogP contribution in [0.25, 0.3) is 0 Å². The minimum atomic E-state index is 0. The molecular formula is C3H15B3N3. The van der Waals surface area contributed by atoms with Crippen LogP contribution in [0.1, 0.15) is 0 Å². The van der Waals surface area contributed by atoms with Gasteiger partial charge < -0.3 is 0 Å². The third-order valence-electron chi connectivity index (χ3n) is 0. The first kappa shape index (κ1) is 62.6. The third kappa shape index (κ3) is 53300. The summed E-state index contributed by atoms with van der Waals surface area (Å²) in [6, 6.07) is 0. The summed E-state index contributed by atoms with van der Waals surface area (Å²) in [5.74, 6) is 0. The second-order valence-electron chi connectivity index (χ2n) is 1.73. The van der Waals surface area contributed by atoms with E-state index in [9.17, 15) is 0 Å².